The summed E-state index contributed by atoms with van der Waals surface area (Å²) in [5.74, 6) is -0.732. The molecule has 174 valence electrons. The van der Waals surface area contributed by atoms with Crippen molar-refractivity contribution in [1.82, 2.24) is 29.0 Å². The quantitative estimate of drug-likeness (QED) is 0.490. The molecule has 0 atom stereocenters. The van der Waals surface area contributed by atoms with E-state index >= 15 is 0 Å². The summed E-state index contributed by atoms with van der Waals surface area (Å²) < 4.78 is 24.6. The van der Waals surface area contributed by atoms with Crippen molar-refractivity contribution in [3.8, 4) is 11.1 Å². The van der Waals surface area contributed by atoms with Gasteiger partial charge in [0.25, 0.3) is 5.91 Å². The van der Waals surface area contributed by atoms with E-state index < -0.39 is 11.5 Å². The number of imidazole rings is 1. The average Bonchev–Trinajstić information content (AvgIpc) is 3.41. The van der Waals surface area contributed by atoms with Crippen LogP contribution in [0.3, 0.4) is 0 Å². The van der Waals surface area contributed by atoms with Crippen LogP contribution in [0, 0.1) is 11.2 Å². The Morgan fingerprint density at radius 3 is 2.76 bits per heavy atom. The summed E-state index contributed by atoms with van der Waals surface area (Å²) in [5.41, 5.74) is 2.23. The first-order chi connectivity index (χ1) is 16.4. The first-order valence-electron chi connectivity index (χ1n) is 11.1. The smallest absolute Gasteiger partial charge is 0.334 e. The molecule has 1 aliphatic carbocycles. The Hall–Kier alpha value is -3.79. The number of carbonyl (C=O) groups excluding carboxylic acids is 1. The third kappa shape index (κ3) is 3.41. The van der Waals surface area contributed by atoms with Crippen LogP contribution in [0.5, 0.6) is 0 Å². The molecule has 1 spiro atoms. The summed E-state index contributed by atoms with van der Waals surface area (Å²) in [5, 5.41) is 7.16. The molecule has 0 radical (unpaired) electrons. The van der Waals surface area contributed by atoms with Gasteiger partial charge < -0.3 is 10.1 Å². The number of carbonyl (C=O) groups is 1. The van der Waals surface area contributed by atoms with Crippen molar-refractivity contribution >= 4 is 11.6 Å². The lowest BCUT2D eigenvalue weighted by Gasteiger charge is -2.53. The molecule has 34 heavy (non-hydrogen) atoms. The van der Waals surface area contributed by atoms with Crippen molar-refractivity contribution in [1.29, 1.82) is 0 Å². The van der Waals surface area contributed by atoms with Gasteiger partial charge in [-0.15, -0.1) is 0 Å². The lowest BCUT2D eigenvalue weighted by Crippen LogP contribution is -2.59. The number of aromatic nitrogens is 5. The van der Waals surface area contributed by atoms with Crippen molar-refractivity contribution in [3.63, 3.8) is 0 Å². The van der Waals surface area contributed by atoms with Crippen LogP contribution in [0.2, 0.25) is 0 Å². The van der Waals surface area contributed by atoms with E-state index in [1.54, 1.807) is 36.3 Å². The summed E-state index contributed by atoms with van der Waals surface area (Å²) in [6, 6.07) is 4.94. The maximum absolute atomic E-state index is 15.0. The van der Waals surface area contributed by atoms with Crippen molar-refractivity contribution in [2.24, 2.45) is 12.5 Å². The van der Waals surface area contributed by atoms with Crippen LogP contribution in [-0.2, 0) is 18.3 Å². The minimum Gasteiger partial charge on any atom is -0.380 e. The Bertz CT molecular complexity index is 1470. The van der Waals surface area contributed by atoms with E-state index in [9.17, 15) is 14.0 Å². The molecule has 2 fully saturated rings. The standard InChI is InChI=1S/C24H23FN6O3/c1-29-10-17(9-27-29)15-2-3-16(20(25)6-15)11-30-12-19(21-26-4-5-31(21)23(30)33)22(32)28-18-7-24(8-18)13-34-14-24/h2-6,9-10,12,18H,7-8,11,13-14H2,1H3,(H,28,32). The minimum absolute atomic E-state index is 0.0176. The van der Waals surface area contributed by atoms with Gasteiger partial charge in [0.1, 0.15) is 5.82 Å². The number of halogens is 1. The van der Waals surface area contributed by atoms with E-state index in [-0.39, 0.29) is 35.1 Å². The maximum atomic E-state index is 15.0. The van der Waals surface area contributed by atoms with Gasteiger partial charge in [0, 0.05) is 54.4 Å². The van der Waals surface area contributed by atoms with Gasteiger partial charge in [-0.2, -0.15) is 5.10 Å². The number of amides is 1. The van der Waals surface area contributed by atoms with Gasteiger partial charge in [-0.3, -0.25) is 18.4 Å². The topological polar surface area (TPSA) is 95.5 Å². The number of nitrogens with one attached hydrogen (secondary N) is 1. The number of fused-ring (bicyclic) bond motifs is 1. The molecule has 1 saturated carbocycles. The van der Waals surface area contributed by atoms with Crippen molar-refractivity contribution in [2.45, 2.75) is 25.4 Å². The zero-order valence-electron chi connectivity index (χ0n) is 18.6. The predicted molar refractivity (Wildman–Crippen MR) is 121 cm³/mol. The molecule has 4 heterocycles. The molecule has 1 aromatic carbocycles. The summed E-state index contributed by atoms with van der Waals surface area (Å²) in [7, 11) is 1.80. The first-order valence-corrected chi connectivity index (χ1v) is 11.1. The van der Waals surface area contributed by atoms with Gasteiger partial charge in [0.05, 0.1) is 31.5 Å². The molecule has 0 unspecified atom stereocenters. The highest BCUT2D eigenvalue weighted by molar-refractivity contribution is 5.99. The molecule has 4 aromatic rings. The average molecular weight is 462 g/mol. The Labute approximate surface area is 193 Å². The molecular formula is C24H23FN6O3. The van der Waals surface area contributed by atoms with E-state index in [0.29, 0.717) is 11.1 Å². The molecular weight excluding hydrogens is 439 g/mol. The molecule has 0 bridgehead atoms. The van der Waals surface area contributed by atoms with Crippen molar-refractivity contribution in [2.75, 3.05) is 13.2 Å². The Morgan fingerprint density at radius 2 is 2.09 bits per heavy atom. The third-order valence-electron chi connectivity index (χ3n) is 6.81. The third-order valence-corrected chi connectivity index (χ3v) is 6.81. The van der Waals surface area contributed by atoms with Crippen LogP contribution in [0.1, 0.15) is 28.8 Å². The lowest BCUT2D eigenvalue weighted by atomic mass is 9.64. The van der Waals surface area contributed by atoms with E-state index in [2.05, 4.69) is 15.4 Å². The Balaban J connectivity index is 1.28. The predicted octanol–water partition coefficient (Wildman–Crippen LogP) is 1.99. The second kappa shape index (κ2) is 7.63. The molecule has 9 nitrogen and oxygen atoms in total. The molecule has 1 amide bonds. The number of hydrogen-bond donors (Lipinski definition) is 1. The molecule has 6 rings (SSSR count). The summed E-state index contributed by atoms with van der Waals surface area (Å²) >= 11 is 0. The summed E-state index contributed by atoms with van der Waals surface area (Å²) in [4.78, 5) is 30.3. The molecule has 1 aliphatic heterocycles. The van der Waals surface area contributed by atoms with Gasteiger partial charge in [-0.1, -0.05) is 12.1 Å². The van der Waals surface area contributed by atoms with Crippen molar-refractivity contribution in [3.05, 3.63) is 76.6 Å². The molecule has 1 saturated heterocycles. The molecule has 2 aliphatic rings. The first kappa shape index (κ1) is 20.8. The van der Waals surface area contributed by atoms with Crippen LogP contribution in [0.25, 0.3) is 16.8 Å². The van der Waals surface area contributed by atoms with E-state index in [0.717, 1.165) is 31.6 Å². The normalized spacial score (nSPS) is 17.0. The largest absolute Gasteiger partial charge is 0.380 e. The maximum Gasteiger partial charge on any atom is 0.334 e. The van der Waals surface area contributed by atoms with Gasteiger partial charge >= 0.3 is 5.69 Å². The molecule has 10 heteroatoms. The minimum atomic E-state index is -0.438. The lowest BCUT2D eigenvalue weighted by molar-refractivity contribution is -0.165. The van der Waals surface area contributed by atoms with E-state index in [4.69, 9.17) is 4.74 Å². The second-order valence-corrected chi connectivity index (χ2v) is 9.35. The summed E-state index contributed by atoms with van der Waals surface area (Å²) in [6.07, 6.45) is 9.70. The van der Waals surface area contributed by atoms with Gasteiger partial charge in [-0.05, 0) is 24.5 Å². The summed E-state index contributed by atoms with van der Waals surface area (Å²) in [6.45, 7) is 1.48. The SMILES string of the molecule is Cn1cc(-c2ccc(Cn3cc(C(=O)NC4CC5(COC5)C4)c4nccn4c3=O)c(F)c2)cn1. The highest BCUT2D eigenvalue weighted by atomic mass is 19.1. The zero-order valence-corrected chi connectivity index (χ0v) is 18.6. The number of benzene rings is 1. The Kier molecular flexibility index (Phi) is 4.66. The van der Waals surface area contributed by atoms with Crippen LogP contribution in [0.4, 0.5) is 4.39 Å². The monoisotopic (exact) mass is 462 g/mol. The molecule has 3 aromatic heterocycles. The fourth-order valence-corrected chi connectivity index (χ4v) is 4.92. The number of rotatable bonds is 5. The van der Waals surface area contributed by atoms with Crippen LogP contribution in [0.15, 0.2) is 54.0 Å². The molecule has 1 N–H and O–H groups in total. The highest BCUT2D eigenvalue weighted by Crippen LogP contribution is 2.46. The van der Waals surface area contributed by atoms with Crippen LogP contribution < -0.4 is 11.0 Å². The number of hydrogen-bond acceptors (Lipinski definition) is 5. The Morgan fingerprint density at radius 1 is 1.26 bits per heavy atom. The van der Waals surface area contributed by atoms with Crippen LogP contribution in [-0.4, -0.2) is 48.9 Å². The number of aryl methyl sites for hydroxylation is 1. The number of nitrogens with zero attached hydrogens (tertiary/aromatic N) is 5. The number of ether oxygens (including phenoxy) is 1. The van der Waals surface area contributed by atoms with Gasteiger partial charge in [0.2, 0.25) is 0 Å². The van der Waals surface area contributed by atoms with E-state index in [1.165, 1.54) is 33.6 Å². The zero-order chi connectivity index (χ0) is 23.4. The van der Waals surface area contributed by atoms with Crippen LogP contribution >= 0.6 is 0 Å². The van der Waals surface area contributed by atoms with Crippen molar-refractivity contribution < 1.29 is 13.9 Å². The van der Waals surface area contributed by atoms with E-state index in [1.807, 2.05) is 0 Å². The highest BCUT2D eigenvalue weighted by Gasteiger charge is 2.50. The fourth-order valence-electron chi connectivity index (χ4n) is 4.92. The van der Waals surface area contributed by atoms with Gasteiger partial charge in [-0.25, -0.2) is 14.2 Å². The fraction of sp³-hybridized carbons (Fsp3) is 0.333. The second-order valence-electron chi connectivity index (χ2n) is 9.35. The van der Waals surface area contributed by atoms with Gasteiger partial charge in [0.15, 0.2) is 5.65 Å².